The maximum absolute atomic E-state index is 13.1. The number of rotatable bonds is 7. The fourth-order valence-electron chi connectivity index (χ4n) is 2.97. The molecule has 158 valence electrons. The molecule has 1 aromatic heterocycles. The highest BCUT2D eigenvalue weighted by Crippen LogP contribution is 2.28. The van der Waals surface area contributed by atoms with E-state index in [1.807, 2.05) is 0 Å². The average Bonchev–Trinajstić information content (AvgIpc) is 3.29. The maximum Gasteiger partial charge on any atom is 0.259 e. The molecule has 4 rings (SSSR count). The summed E-state index contributed by atoms with van der Waals surface area (Å²) in [5, 5.41) is 3.89. The molecule has 0 aliphatic carbocycles. The molecule has 1 heterocycles. The second-order valence-electron chi connectivity index (χ2n) is 6.60. The van der Waals surface area contributed by atoms with Crippen LogP contribution >= 0.6 is 0 Å². The van der Waals surface area contributed by atoms with Crippen molar-refractivity contribution in [1.82, 2.24) is 14.9 Å². The van der Waals surface area contributed by atoms with Gasteiger partial charge < -0.3 is 9.26 Å². The Morgan fingerprint density at radius 2 is 1.81 bits per heavy atom. The Labute approximate surface area is 178 Å². The monoisotopic (exact) mass is 439 g/mol. The Hall–Kier alpha value is -3.56. The first-order valence-corrected chi connectivity index (χ1v) is 10.8. The molecule has 0 saturated heterocycles. The third kappa shape index (κ3) is 4.62. The summed E-state index contributed by atoms with van der Waals surface area (Å²) >= 11 is 0. The Balaban J connectivity index is 1.61. The van der Waals surface area contributed by atoms with E-state index in [2.05, 4.69) is 14.9 Å². The molecule has 3 aromatic carbocycles. The first kappa shape index (κ1) is 20.7. The molecule has 0 saturated carbocycles. The molecule has 4 aromatic rings. The molecule has 0 fully saturated rings. The van der Waals surface area contributed by atoms with E-state index in [4.69, 9.17) is 9.26 Å². The number of methoxy groups -OCH3 is 1. The standard InChI is InChI=1S/C22H18FN3O4S/c1-29-18-6-4-5-15(13-18)14-24-31(27,28)20-8-3-2-7-19(20)22-25-21(26-30-22)16-9-11-17(23)12-10-16/h2-13,24H,14H2,1H3. The van der Waals surface area contributed by atoms with Crippen LogP contribution < -0.4 is 9.46 Å². The van der Waals surface area contributed by atoms with Crippen LogP contribution in [0.3, 0.4) is 0 Å². The van der Waals surface area contributed by atoms with Crippen molar-refractivity contribution in [2.75, 3.05) is 7.11 Å². The number of halogens is 1. The summed E-state index contributed by atoms with van der Waals surface area (Å²) < 4.78 is 52.2. The molecular formula is C22H18FN3O4S. The van der Waals surface area contributed by atoms with E-state index in [1.54, 1.807) is 49.6 Å². The topological polar surface area (TPSA) is 94.3 Å². The summed E-state index contributed by atoms with van der Waals surface area (Å²) in [6.45, 7) is 0.0819. The van der Waals surface area contributed by atoms with Gasteiger partial charge in [0.2, 0.25) is 15.8 Å². The molecule has 0 atom stereocenters. The van der Waals surface area contributed by atoms with Crippen molar-refractivity contribution >= 4 is 10.0 Å². The molecule has 9 heteroatoms. The van der Waals surface area contributed by atoms with Crippen LogP contribution in [-0.2, 0) is 16.6 Å². The number of nitrogens with one attached hydrogen (secondary N) is 1. The van der Waals surface area contributed by atoms with Gasteiger partial charge in [0.15, 0.2) is 0 Å². The van der Waals surface area contributed by atoms with Gasteiger partial charge in [-0.15, -0.1) is 0 Å². The van der Waals surface area contributed by atoms with Gasteiger partial charge in [-0.3, -0.25) is 0 Å². The molecule has 0 spiro atoms. The Morgan fingerprint density at radius 3 is 2.58 bits per heavy atom. The van der Waals surface area contributed by atoms with Gasteiger partial charge in [0.05, 0.1) is 17.6 Å². The minimum Gasteiger partial charge on any atom is -0.497 e. The number of hydrogen-bond donors (Lipinski definition) is 1. The average molecular weight is 439 g/mol. The number of sulfonamides is 1. The fourth-order valence-corrected chi connectivity index (χ4v) is 4.18. The fraction of sp³-hybridized carbons (Fsp3) is 0.0909. The molecule has 0 radical (unpaired) electrons. The van der Waals surface area contributed by atoms with Crippen LogP contribution in [0.5, 0.6) is 5.75 Å². The minimum absolute atomic E-state index is 0.00667. The van der Waals surface area contributed by atoms with E-state index in [9.17, 15) is 12.8 Å². The lowest BCUT2D eigenvalue weighted by Gasteiger charge is -2.10. The van der Waals surface area contributed by atoms with E-state index in [-0.39, 0.29) is 34.5 Å². The zero-order valence-corrected chi connectivity index (χ0v) is 17.3. The number of ether oxygens (including phenoxy) is 1. The zero-order chi connectivity index (χ0) is 21.8. The van der Waals surface area contributed by atoms with Gasteiger partial charge in [-0.2, -0.15) is 4.98 Å². The van der Waals surface area contributed by atoms with Crippen molar-refractivity contribution in [2.45, 2.75) is 11.4 Å². The van der Waals surface area contributed by atoms with Crippen LogP contribution in [0.2, 0.25) is 0 Å². The molecule has 0 aliphatic heterocycles. The first-order valence-electron chi connectivity index (χ1n) is 9.28. The SMILES string of the molecule is COc1cccc(CNS(=O)(=O)c2ccccc2-c2nc(-c3ccc(F)cc3)no2)c1. The predicted molar refractivity (Wildman–Crippen MR) is 112 cm³/mol. The van der Waals surface area contributed by atoms with Gasteiger partial charge >= 0.3 is 0 Å². The predicted octanol–water partition coefficient (Wildman–Crippen LogP) is 4.03. The van der Waals surface area contributed by atoms with Crippen LogP contribution in [-0.4, -0.2) is 25.7 Å². The quantitative estimate of drug-likeness (QED) is 0.467. The van der Waals surface area contributed by atoms with E-state index in [0.717, 1.165) is 5.56 Å². The molecule has 1 N–H and O–H groups in total. The van der Waals surface area contributed by atoms with Crippen molar-refractivity contribution < 1.29 is 22.1 Å². The lowest BCUT2D eigenvalue weighted by molar-refractivity contribution is 0.414. The second-order valence-corrected chi connectivity index (χ2v) is 8.34. The van der Waals surface area contributed by atoms with Crippen LogP contribution in [0.25, 0.3) is 22.8 Å². The third-order valence-electron chi connectivity index (χ3n) is 4.54. The van der Waals surface area contributed by atoms with Gasteiger partial charge in [-0.25, -0.2) is 17.5 Å². The lowest BCUT2D eigenvalue weighted by atomic mass is 10.2. The van der Waals surface area contributed by atoms with Crippen molar-refractivity contribution in [2.24, 2.45) is 0 Å². The minimum atomic E-state index is -3.89. The summed E-state index contributed by atoms with van der Waals surface area (Å²) in [7, 11) is -2.34. The largest absolute Gasteiger partial charge is 0.497 e. The van der Waals surface area contributed by atoms with E-state index < -0.39 is 10.0 Å². The molecule has 31 heavy (non-hydrogen) atoms. The van der Waals surface area contributed by atoms with Crippen molar-refractivity contribution in [3.05, 3.63) is 84.2 Å². The normalized spacial score (nSPS) is 11.4. The maximum atomic E-state index is 13.1. The third-order valence-corrected chi connectivity index (χ3v) is 6.00. The summed E-state index contributed by atoms with van der Waals surface area (Å²) in [5.74, 6) is 0.524. The van der Waals surface area contributed by atoms with Crippen LogP contribution in [0.15, 0.2) is 82.2 Å². The van der Waals surface area contributed by atoms with Gasteiger partial charge in [0.25, 0.3) is 5.89 Å². The Bertz CT molecular complexity index is 1300. The van der Waals surface area contributed by atoms with Gasteiger partial charge in [-0.1, -0.05) is 29.4 Å². The highest BCUT2D eigenvalue weighted by Gasteiger charge is 2.22. The molecule has 7 nitrogen and oxygen atoms in total. The first-order chi connectivity index (χ1) is 15.0. The Morgan fingerprint density at radius 1 is 1.03 bits per heavy atom. The number of nitrogens with zero attached hydrogens (tertiary/aromatic N) is 2. The van der Waals surface area contributed by atoms with Crippen molar-refractivity contribution in [3.8, 4) is 28.6 Å². The molecular weight excluding hydrogens is 421 g/mol. The molecule has 0 unspecified atom stereocenters. The van der Waals surface area contributed by atoms with Crippen LogP contribution in [0, 0.1) is 5.82 Å². The number of aromatic nitrogens is 2. The highest BCUT2D eigenvalue weighted by molar-refractivity contribution is 7.89. The number of benzene rings is 3. The number of hydrogen-bond acceptors (Lipinski definition) is 6. The smallest absolute Gasteiger partial charge is 0.259 e. The summed E-state index contributed by atoms with van der Waals surface area (Å²) in [5.41, 5.74) is 1.56. The summed E-state index contributed by atoms with van der Waals surface area (Å²) in [4.78, 5) is 4.29. The highest BCUT2D eigenvalue weighted by atomic mass is 32.2. The lowest BCUT2D eigenvalue weighted by Crippen LogP contribution is -2.23. The second kappa shape index (κ2) is 8.66. The van der Waals surface area contributed by atoms with E-state index in [0.29, 0.717) is 11.3 Å². The Kier molecular flexibility index (Phi) is 5.79. The summed E-state index contributed by atoms with van der Waals surface area (Å²) in [6, 6.07) is 19.0. The molecule has 0 amide bonds. The van der Waals surface area contributed by atoms with E-state index in [1.165, 1.54) is 30.3 Å². The van der Waals surface area contributed by atoms with Crippen LogP contribution in [0.1, 0.15) is 5.56 Å². The van der Waals surface area contributed by atoms with Crippen molar-refractivity contribution in [3.63, 3.8) is 0 Å². The van der Waals surface area contributed by atoms with E-state index >= 15 is 0 Å². The van der Waals surface area contributed by atoms with Gasteiger partial charge in [0, 0.05) is 12.1 Å². The van der Waals surface area contributed by atoms with Crippen LogP contribution in [0.4, 0.5) is 4.39 Å². The summed E-state index contributed by atoms with van der Waals surface area (Å²) in [6.07, 6.45) is 0. The molecule has 0 aliphatic rings. The van der Waals surface area contributed by atoms with Gasteiger partial charge in [-0.05, 0) is 54.1 Å². The zero-order valence-electron chi connectivity index (χ0n) is 16.4. The van der Waals surface area contributed by atoms with Gasteiger partial charge in [0.1, 0.15) is 11.6 Å². The molecule has 0 bridgehead atoms. The van der Waals surface area contributed by atoms with Crippen molar-refractivity contribution in [1.29, 1.82) is 0 Å².